The Morgan fingerprint density at radius 3 is 2.52 bits per heavy atom. The van der Waals surface area contributed by atoms with Crippen LogP contribution in [0.2, 0.25) is 0 Å². The first kappa shape index (κ1) is 18.7. The molecule has 0 aliphatic rings. The summed E-state index contributed by atoms with van der Waals surface area (Å²) in [6.45, 7) is 1.59. The second-order valence-corrected chi connectivity index (χ2v) is 5.99. The molecule has 0 aliphatic heterocycles. The average Bonchev–Trinajstić information content (AvgIpc) is 3.20. The van der Waals surface area contributed by atoms with Gasteiger partial charge < -0.3 is 15.2 Å². The number of hydrogen-bond acceptors (Lipinski definition) is 7. The molecule has 0 radical (unpaired) electrons. The molecular weight excluding hydrogens is 344 g/mol. The van der Waals surface area contributed by atoms with Gasteiger partial charge in [0.1, 0.15) is 0 Å². The summed E-state index contributed by atoms with van der Waals surface area (Å²) in [5, 5.41) is 3.87. The van der Waals surface area contributed by atoms with Crippen LogP contribution in [0.25, 0.3) is 11.6 Å². The van der Waals surface area contributed by atoms with Gasteiger partial charge in [-0.05, 0) is 18.1 Å². The summed E-state index contributed by atoms with van der Waals surface area (Å²) >= 11 is 0. The zero-order chi connectivity index (χ0) is 18.9. The van der Waals surface area contributed by atoms with Crippen molar-refractivity contribution in [1.82, 2.24) is 25.0 Å². The third kappa shape index (κ3) is 5.42. The minimum Gasteiger partial charge on any atom is -0.341 e. The average molecular weight is 366 g/mol. The summed E-state index contributed by atoms with van der Waals surface area (Å²) in [6.07, 6.45) is 4.67. The highest BCUT2D eigenvalue weighted by molar-refractivity contribution is 5.76. The monoisotopic (exact) mass is 366 g/mol. The summed E-state index contributed by atoms with van der Waals surface area (Å²) in [5.41, 5.74) is 6.85. The third-order valence-corrected chi connectivity index (χ3v) is 4.05. The van der Waals surface area contributed by atoms with Crippen LogP contribution in [0, 0.1) is 0 Å². The summed E-state index contributed by atoms with van der Waals surface area (Å²) < 4.78 is 5.20. The van der Waals surface area contributed by atoms with Crippen LogP contribution >= 0.6 is 0 Å². The molecule has 3 aromatic rings. The van der Waals surface area contributed by atoms with Crippen molar-refractivity contribution in [3.8, 4) is 11.6 Å². The van der Waals surface area contributed by atoms with Gasteiger partial charge in [0.15, 0.2) is 0 Å². The van der Waals surface area contributed by atoms with Crippen LogP contribution in [0.1, 0.15) is 17.9 Å². The Morgan fingerprint density at radius 2 is 1.78 bits per heavy atom. The van der Waals surface area contributed by atoms with Gasteiger partial charge in [-0.3, -0.25) is 4.79 Å². The lowest BCUT2D eigenvalue weighted by atomic mass is 10.1. The van der Waals surface area contributed by atoms with Crippen LogP contribution in [0.3, 0.4) is 0 Å². The van der Waals surface area contributed by atoms with E-state index in [4.69, 9.17) is 10.3 Å². The second kappa shape index (κ2) is 9.54. The Bertz CT molecular complexity index is 838. The highest BCUT2D eigenvalue weighted by atomic mass is 16.5. The molecule has 0 aliphatic carbocycles. The minimum absolute atomic E-state index is 0.0205. The number of aryl methyl sites for hydroxylation is 1. The molecule has 0 fully saturated rings. The maximum atomic E-state index is 12.6. The summed E-state index contributed by atoms with van der Waals surface area (Å²) in [7, 11) is 0. The predicted octanol–water partition coefficient (Wildman–Crippen LogP) is 1.49. The lowest BCUT2D eigenvalue weighted by molar-refractivity contribution is -0.131. The van der Waals surface area contributed by atoms with Crippen LogP contribution in [-0.4, -0.2) is 50.5 Å². The number of carbonyl (C=O) groups excluding carboxylic acids is 1. The van der Waals surface area contributed by atoms with Gasteiger partial charge in [-0.1, -0.05) is 35.5 Å². The van der Waals surface area contributed by atoms with E-state index in [1.165, 1.54) is 5.56 Å². The van der Waals surface area contributed by atoms with Gasteiger partial charge in [-0.15, -0.1) is 0 Å². The molecule has 0 saturated heterocycles. The van der Waals surface area contributed by atoms with Crippen LogP contribution in [0.4, 0.5) is 0 Å². The lowest BCUT2D eigenvalue weighted by Crippen LogP contribution is -2.37. The molecule has 0 unspecified atom stereocenters. The number of nitrogens with zero attached hydrogens (tertiary/aromatic N) is 5. The van der Waals surface area contributed by atoms with E-state index in [-0.39, 0.29) is 12.3 Å². The molecule has 140 valence electrons. The van der Waals surface area contributed by atoms with Crippen molar-refractivity contribution in [1.29, 1.82) is 0 Å². The zero-order valence-electron chi connectivity index (χ0n) is 15.0. The molecule has 0 atom stereocenters. The van der Waals surface area contributed by atoms with Crippen molar-refractivity contribution in [2.45, 2.75) is 19.3 Å². The number of carbonyl (C=O) groups is 1. The van der Waals surface area contributed by atoms with Crippen molar-refractivity contribution in [3.63, 3.8) is 0 Å². The number of nitrogens with two attached hydrogens (primary N) is 1. The lowest BCUT2D eigenvalue weighted by Gasteiger charge is -2.22. The van der Waals surface area contributed by atoms with E-state index in [1.54, 1.807) is 23.4 Å². The molecule has 3 rings (SSSR count). The van der Waals surface area contributed by atoms with E-state index < -0.39 is 0 Å². The molecule has 1 amide bonds. The second-order valence-electron chi connectivity index (χ2n) is 5.99. The van der Waals surface area contributed by atoms with Crippen molar-refractivity contribution in [2.24, 2.45) is 5.73 Å². The summed E-state index contributed by atoms with van der Waals surface area (Å²) in [5.74, 6) is 1.13. The van der Waals surface area contributed by atoms with Gasteiger partial charge >= 0.3 is 0 Å². The number of aromatic nitrogens is 4. The zero-order valence-corrected chi connectivity index (χ0v) is 15.0. The number of amides is 1. The van der Waals surface area contributed by atoms with E-state index in [0.29, 0.717) is 43.6 Å². The molecule has 2 aromatic heterocycles. The van der Waals surface area contributed by atoms with Crippen molar-refractivity contribution >= 4 is 5.91 Å². The fourth-order valence-electron chi connectivity index (χ4n) is 2.66. The Hall–Kier alpha value is -3.13. The molecule has 27 heavy (non-hydrogen) atoms. The Kier molecular flexibility index (Phi) is 6.59. The fourth-order valence-corrected chi connectivity index (χ4v) is 2.66. The predicted molar refractivity (Wildman–Crippen MR) is 99.4 cm³/mol. The Labute approximate surface area is 157 Å². The molecule has 2 N–H and O–H groups in total. The Morgan fingerprint density at radius 1 is 1.00 bits per heavy atom. The molecular formula is C19H22N6O2. The molecule has 0 bridgehead atoms. The molecule has 0 saturated carbocycles. The first-order chi connectivity index (χ1) is 13.3. The summed E-state index contributed by atoms with van der Waals surface area (Å²) in [6, 6.07) is 11.8. The van der Waals surface area contributed by atoms with Crippen molar-refractivity contribution in [3.05, 3.63) is 60.2 Å². The molecule has 2 heterocycles. The number of rotatable bonds is 9. The van der Waals surface area contributed by atoms with E-state index in [1.807, 2.05) is 18.2 Å². The highest BCUT2D eigenvalue weighted by Gasteiger charge is 2.16. The van der Waals surface area contributed by atoms with E-state index in [2.05, 4.69) is 32.2 Å². The van der Waals surface area contributed by atoms with Crippen LogP contribution in [-0.2, 0) is 17.6 Å². The SMILES string of the molecule is NCCN(CCc1ccccc1)C(=O)CCc1nc(-c2ncccn2)no1. The van der Waals surface area contributed by atoms with Gasteiger partial charge in [-0.25, -0.2) is 9.97 Å². The first-order valence-corrected chi connectivity index (χ1v) is 8.88. The topological polar surface area (TPSA) is 111 Å². The van der Waals surface area contributed by atoms with Crippen LogP contribution in [0.5, 0.6) is 0 Å². The molecule has 1 aromatic carbocycles. The molecule has 0 spiro atoms. The number of hydrogen-bond donors (Lipinski definition) is 1. The molecule has 8 nitrogen and oxygen atoms in total. The normalized spacial score (nSPS) is 10.7. The largest absolute Gasteiger partial charge is 0.341 e. The van der Waals surface area contributed by atoms with Gasteiger partial charge in [0, 0.05) is 44.9 Å². The van der Waals surface area contributed by atoms with Crippen LogP contribution < -0.4 is 5.73 Å². The number of benzene rings is 1. The van der Waals surface area contributed by atoms with Crippen molar-refractivity contribution < 1.29 is 9.32 Å². The van der Waals surface area contributed by atoms with E-state index >= 15 is 0 Å². The standard InChI is InChI=1S/C19H22N6O2/c20-10-14-25(13-9-15-5-2-1-3-6-15)17(26)8-7-16-23-19(24-27-16)18-21-11-4-12-22-18/h1-6,11-12H,7-10,13-14,20H2. The van der Waals surface area contributed by atoms with Crippen LogP contribution in [0.15, 0.2) is 53.3 Å². The van der Waals surface area contributed by atoms with Gasteiger partial charge in [0.25, 0.3) is 0 Å². The summed E-state index contributed by atoms with van der Waals surface area (Å²) in [4.78, 5) is 26.8. The quantitative estimate of drug-likeness (QED) is 0.610. The van der Waals surface area contributed by atoms with E-state index in [9.17, 15) is 4.79 Å². The van der Waals surface area contributed by atoms with Crippen molar-refractivity contribution in [2.75, 3.05) is 19.6 Å². The maximum Gasteiger partial charge on any atom is 0.240 e. The highest BCUT2D eigenvalue weighted by Crippen LogP contribution is 2.11. The van der Waals surface area contributed by atoms with Gasteiger partial charge in [0.05, 0.1) is 0 Å². The smallest absolute Gasteiger partial charge is 0.240 e. The van der Waals surface area contributed by atoms with Gasteiger partial charge in [0.2, 0.25) is 23.4 Å². The Balaban J connectivity index is 1.54. The fraction of sp³-hybridized carbons (Fsp3) is 0.316. The minimum atomic E-state index is 0.0205. The van der Waals surface area contributed by atoms with E-state index in [0.717, 1.165) is 6.42 Å². The van der Waals surface area contributed by atoms with Gasteiger partial charge in [-0.2, -0.15) is 4.98 Å². The first-order valence-electron chi connectivity index (χ1n) is 8.88. The third-order valence-electron chi connectivity index (χ3n) is 4.05. The maximum absolute atomic E-state index is 12.6. The molecule has 8 heteroatoms.